The Bertz CT molecular complexity index is 840. The van der Waals surface area contributed by atoms with Crippen molar-refractivity contribution in [1.29, 1.82) is 0 Å². The summed E-state index contributed by atoms with van der Waals surface area (Å²) >= 11 is 1.90. The number of aromatic nitrogens is 2. The van der Waals surface area contributed by atoms with Gasteiger partial charge >= 0.3 is 16.9 Å². The number of nitrogens with one attached hydrogen (secondary N) is 2. The molecule has 0 fully saturated rings. The number of alkyl halides is 6. The topological polar surface area (TPSA) is 76.1 Å². The van der Waals surface area contributed by atoms with Crippen LogP contribution in [-0.2, 0) is 4.79 Å². The molecule has 1 amide bonds. The van der Waals surface area contributed by atoms with E-state index in [1.54, 1.807) is 12.3 Å². The van der Waals surface area contributed by atoms with Crippen molar-refractivity contribution in [2.75, 3.05) is 5.43 Å². The molecule has 1 unspecified atom stereocenters. The van der Waals surface area contributed by atoms with Gasteiger partial charge in [0.15, 0.2) is 11.9 Å². The van der Waals surface area contributed by atoms with Crippen LogP contribution in [0.25, 0.3) is 11.3 Å². The van der Waals surface area contributed by atoms with Crippen molar-refractivity contribution >= 4 is 27.7 Å². The van der Waals surface area contributed by atoms with E-state index >= 15 is 0 Å². The van der Waals surface area contributed by atoms with Crippen LogP contribution in [0, 0.1) is 6.92 Å². The first kappa shape index (κ1) is 21.8. The number of hydrogen-bond donors (Lipinski definition) is 2. The number of anilines is 1. The molecule has 28 heavy (non-hydrogen) atoms. The maximum Gasteiger partial charge on any atom is 0.425 e. The summed E-state index contributed by atoms with van der Waals surface area (Å²) in [6.07, 6.45) is -3.93. The van der Waals surface area contributed by atoms with E-state index in [1.807, 2.05) is 15.9 Å². The Labute approximate surface area is 164 Å². The van der Waals surface area contributed by atoms with Crippen LogP contribution in [0.3, 0.4) is 0 Å². The first-order chi connectivity index (χ1) is 12.9. The largest absolute Gasteiger partial charge is 0.481 e. The van der Waals surface area contributed by atoms with Crippen LogP contribution in [0.5, 0.6) is 5.75 Å². The Morgan fingerprint density at radius 3 is 2.36 bits per heavy atom. The van der Waals surface area contributed by atoms with Gasteiger partial charge in [0.2, 0.25) is 0 Å². The minimum absolute atomic E-state index is 0.00505. The van der Waals surface area contributed by atoms with E-state index in [4.69, 9.17) is 4.74 Å². The average Bonchev–Trinajstić information content (AvgIpc) is 2.58. The molecule has 1 aromatic carbocycles. The lowest BCUT2D eigenvalue weighted by molar-refractivity contribution is -0.189. The minimum atomic E-state index is -4.48. The number of rotatable bonds is 6. The van der Waals surface area contributed by atoms with Gasteiger partial charge in [-0.1, -0.05) is 0 Å². The summed E-state index contributed by atoms with van der Waals surface area (Å²) in [6, 6.07) is 4.33. The molecule has 12 heteroatoms. The van der Waals surface area contributed by atoms with Crippen molar-refractivity contribution < 1.29 is 31.5 Å². The molecule has 0 saturated heterocycles. The van der Waals surface area contributed by atoms with Crippen LogP contribution in [0.4, 0.5) is 27.8 Å². The lowest BCUT2D eigenvalue weighted by Crippen LogP contribution is -2.39. The van der Waals surface area contributed by atoms with Gasteiger partial charge < -0.3 is 4.74 Å². The van der Waals surface area contributed by atoms with Crippen molar-refractivity contribution in [3.63, 3.8) is 0 Å². The fraction of sp³-hybridized carbons (Fsp3) is 0.312. The van der Waals surface area contributed by atoms with Gasteiger partial charge in [0, 0.05) is 21.5 Å². The molecule has 0 saturated carbocycles. The van der Waals surface area contributed by atoms with Crippen LogP contribution in [-0.4, -0.2) is 33.0 Å². The minimum Gasteiger partial charge on any atom is -0.481 e. The number of hydrogen-bond acceptors (Lipinski definition) is 5. The molecule has 152 valence electrons. The zero-order valence-corrected chi connectivity index (χ0v) is 16.0. The molecule has 1 atom stereocenters. The quantitative estimate of drug-likeness (QED) is 0.377. The highest BCUT2D eigenvalue weighted by molar-refractivity contribution is 9.10. The van der Waals surface area contributed by atoms with Crippen molar-refractivity contribution in [3.8, 4) is 17.0 Å². The van der Waals surface area contributed by atoms with Gasteiger partial charge in [-0.2, -0.15) is 22.0 Å². The molecule has 2 N–H and O–H groups in total. The van der Waals surface area contributed by atoms with Crippen LogP contribution in [0.1, 0.15) is 12.5 Å². The first-order valence-electron chi connectivity index (χ1n) is 7.67. The summed E-state index contributed by atoms with van der Waals surface area (Å²) in [5, 5.41) is 0. The number of halogens is 6. The lowest BCUT2D eigenvalue weighted by atomic mass is 10.1. The number of carbonyl (C=O) groups is 1. The zero-order chi connectivity index (χ0) is 21.1. The highest BCUT2D eigenvalue weighted by atomic mass is 79.9. The smallest absolute Gasteiger partial charge is 0.425 e. The van der Waals surface area contributed by atoms with E-state index in [-0.39, 0.29) is 11.6 Å². The maximum absolute atomic E-state index is 12.7. The van der Waals surface area contributed by atoms with Gasteiger partial charge in [-0.25, -0.2) is 4.98 Å². The van der Waals surface area contributed by atoms with Gasteiger partial charge in [-0.05, 0) is 37.6 Å². The second-order valence-corrected chi connectivity index (χ2v) is 6.64. The number of ether oxygens (including phenoxy) is 1. The van der Waals surface area contributed by atoms with Crippen molar-refractivity contribution in [2.24, 2.45) is 0 Å². The Balaban J connectivity index is 2.08. The Kier molecular flexibility index (Phi) is 6.42. The lowest BCUT2D eigenvalue weighted by Gasteiger charge is -2.18. The van der Waals surface area contributed by atoms with E-state index in [1.165, 1.54) is 30.6 Å². The molecule has 0 aliphatic heterocycles. The number of amides is 1. The van der Waals surface area contributed by atoms with E-state index in [2.05, 4.69) is 15.4 Å². The zero-order valence-electron chi connectivity index (χ0n) is 14.4. The first-order valence-corrected chi connectivity index (χ1v) is 8.47. The molecule has 6 nitrogen and oxygen atoms in total. The second-order valence-electron chi connectivity index (χ2n) is 5.64. The molecular formula is C16H14BrF5N4O2. The predicted molar refractivity (Wildman–Crippen MR) is 94.0 cm³/mol. The molecule has 2 rings (SSSR count). The normalized spacial score (nSPS) is 13.0. The fourth-order valence-corrected chi connectivity index (χ4v) is 2.09. The summed E-state index contributed by atoms with van der Waals surface area (Å²) in [7, 11) is 0. The monoisotopic (exact) mass is 468 g/mol. The predicted octanol–water partition coefficient (Wildman–Crippen LogP) is 4.21. The molecule has 0 aliphatic carbocycles. The number of carbonyl (C=O) groups excluding carboxylic acids is 1. The maximum atomic E-state index is 12.7. The van der Waals surface area contributed by atoms with E-state index in [9.17, 15) is 26.7 Å². The number of nitrogens with zero attached hydrogens (tertiary/aromatic N) is 2. The average molecular weight is 469 g/mol. The van der Waals surface area contributed by atoms with E-state index in [0.29, 0.717) is 16.8 Å². The molecule has 0 spiro atoms. The van der Waals surface area contributed by atoms with Crippen LogP contribution in [0.2, 0.25) is 0 Å². The van der Waals surface area contributed by atoms with Crippen molar-refractivity contribution in [1.82, 2.24) is 15.4 Å². The van der Waals surface area contributed by atoms with Gasteiger partial charge in [-0.3, -0.25) is 20.6 Å². The third kappa shape index (κ3) is 5.75. The van der Waals surface area contributed by atoms with Crippen molar-refractivity contribution in [2.45, 2.75) is 31.0 Å². The standard InChI is InChI=1S/C16H14BrF5N4O2/c1-8-5-10(28-9(2)16(20,21)22)3-4-11(8)12-6-24-13(7-23-12)25-26-14(27)15(17,18)19/h3-7,9H,1-2H3,(H,24,25)(H,26,27). The highest BCUT2D eigenvalue weighted by Gasteiger charge is 2.38. The molecule has 0 aliphatic rings. The summed E-state index contributed by atoms with van der Waals surface area (Å²) in [5.74, 6) is -1.56. The van der Waals surface area contributed by atoms with E-state index < -0.39 is 23.0 Å². The van der Waals surface area contributed by atoms with Crippen LogP contribution >= 0.6 is 15.9 Å². The van der Waals surface area contributed by atoms with Gasteiger partial charge in [0.05, 0.1) is 18.1 Å². The van der Waals surface area contributed by atoms with E-state index in [0.717, 1.165) is 6.92 Å². The Morgan fingerprint density at radius 2 is 1.86 bits per heavy atom. The molecule has 1 heterocycles. The Hall–Kier alpha value is -2.50. The SMILES string of the molecule is Cc1cc(OC(C)C(F)(F)F)ccc1-c1cnc(NNC(=O)C(F)(F)Br)cn1. The second kappa shape index (κ2) is 8.25. The summed E-state index contributed by atoms with van der Waals surface area (Å²) in [4.78, 5) is 15.3. The van der Waals surface area contributed by atoms with Crippen LogP contribution < -0.4 is 15.6 Å². The highest BCUT2D eigenvalue weighted by Crippen LogP contribution is 2.29. The fourth-order valence-electron chi connectivity index (χ4n) is 1.99. The van der Waals surface area contributed by atoms with Gasteiger partial charge in [-0.15, -0.1) is 0 Å². The van der Waals surface area contributed by atoms with Gasteiger partial charge in [0.1, 0.15) is 5.75 Å². The Morgan fingerprint density at radius 1 is 1.18 bits per heavy atom. The summed E-state index contributed by atoms with van der Waals surface area (Å²) in [6.45, 7) is 2.57. The third-order valence-electron chi connectivity index (χ3n) is 3.46. The molecule has 0 bridgehead atoms. The molecule has 2 aromatic rings. The molecule has 1 aromatic heterocycles. The number of hydrazine groups is 1. The van der Waals surface area contributed by atoms with Crippen molar-refractivity contribution in [3.05, 3.63) is 36.2 Å². The van der Waals surface area contributed by atoms with Gasteiger partial charge in [0.25, 0.3) is 0 Å². The number of aryl methyl sites for hydroxylation is 1. The van der Waals surface area contributed by atoms with Crippen LogP contribution in [0.15, 0.2) is 30.6 Å². The third-order valence-corrected chi connectivity index (χ3v) is 3.82. The summed E-state index contributed by atoms with van der Waals surface area (Å²) < 4.78 is 68.0. The number of benzene rings is 1. The molecule has 0 radical (unpaired) electrons. The summed E-state index contributed by atoms with van der Waals surface area (Å²) in [5.41, 5.74) is 5.49. The molecular weight excluding hydrogens is 455 g/mol.